The van der Waals surface area contributed by atoms with Crippen LogP contribution in [0.5, 0.6) is 0 Å². The highest BCUT2D eigenvalue weighted by molar-refractivity contribution is 5.89. The smallest absolute Gasteiger partial charge is 0.225 e. The average Bonchev–Trinajstić information content (AvgIpc) is 2.98. The number of carbonyl (C=O) groups excluding carboxylic acids is 2. The number of aryl methyl sites for hydroxylation is 1. The van der Waals surface area contributed by atoms with Crippen LogP contribution in [0.4, 0.5) is 0 Å². The number of nitrogens with two attached hydrogens (primary N) is 1. The van der Waals surface area contributed by atoms with Crippen LogP contribution in [0.1, 0.15) is 43.2 Å². The van der Waals surface area contributed by atoms with E-state index in [2.05, 4.69) is 17.4 Å². The van der Waals surface area contributed by atoms with Crippen molar-refractivity contribution < 1.29 is 9.59 Å². The molecule has 3 N–H and O–H groups in total. The fourth-order valence-corrected chi connectivity index (χ4v) is 3.99. The maximum Gasteiger partial charge on any atom is 0.225 e. The molecule has 0 aromatic heterocycles. The summed E-state index contributed by atoms with van der Waals surface area (Å²) in [7, 11) is 0. The highest BCUT2D eigenvalue weighted by Crippen LogP contribution is 2.25. The number of likely N-dealkylation sites (tertiary alicyclic amines) is 1. The number of amides is 2. The molecule has 1 aliphatic carbocycles. The van der Waals surface area contributed by atoms with Gasteiger partial charge in [0.15, 0.2) is 0 Å². The Morgan fingerprint density at radius 3 is 2.68 bits per heavy atom. The van der Waals surface area contributed by atoms with Crippen LogP contribution in [0.15, 0.2) is 24.3 Å². The first-order chi connectivity index (χ1) is 12.1. The predicted molar refractivity (Wildman–Crippen MR) is 97.6 cm³/mol. The van der Waals surface area contributed by atoms with Gasteiger partial charge in [-0.3, -0.25) is 9.59 Å². The normalized spacial score (nSPS) is 26.7. The van der Waals surface area contributed by atoms with E-state index in [-0.39, 0.29) is 23.8 Å². The van der Waals surface area contributed by atoms with Gasteiger partial charge in [-0.2, -0.15) is 0 Å². The van der Waals surface area contributed by atoms with Gasteiger partial charge in [0.1, 0.15) is 0 Å². The molecule has 1 aromatic rings. The fraction of sp³-hybridized carbons (Fsp3) is 0.600. The minimum Gasteiger partial charge on any atom is -0.353 e. The third kappa shape index (κ3) is 4.40. The average molecular weight is 343 g/mol. The van der Waals surface area contributed by atoms with Gasteiger partial charge in [0.05, 0.1) is 5.92 Å². The Balaban J connectivity index is 1.56. The van der Waals surface area contributed by atoms with Crippen molar-refractivity contribution in [1.29, 1.82) is 0 Å². The number of rotatable bonds is 5. The molecule has 136 valence electrons. The van der Waals surface area contributed by atoms with Crippen molar-refractivity contribution in [2.45, 2.75) is 51.6 Å². The zero-order valence-electron chi connectivity index (χ0n) is 15.0. The second-order valence-corrected chi connectivity index (χ2v) is 7.56. The van der Waals surface area contributed by atoms with Gasteiger partial charge in [0.25, 0.3) is 0 Å². The number of carbonyl (C=O) groups is 2. The second-order valence-electron chi connectivity index (χ2n) is 7.56. The first kappa shape index (κ1) is 17.9. The second kappa shape index (κ2) is 8.00. The molecule has 2 amide bonds. The van der Waals surface area contributed by atoms with Gasteiger partial charge < -0.3 is 16.0 Å². The van der Waals surface area contributed by atoms with Crippen molar-refractivity contribution in [1.82, 2.24) is 10.2 Å². The Labute approximate surface area is 150 Å². The number of hydrogen-bond donors (Lipinski definition) is 2. The van der Waals surface area contributed by atoms with Crippen LogP contribution in [0.25, 0.3) is 0 Å². The Kier molecular flexibility index (Phi) is 5.74. The van der Waals surface area contributed by atoms with Crippen molar-refractivity contribution in [2.75, 3.05) is 13.1 Å². The van der Waals surface area contributed by atoms with E-state index in [1.54, 1.807) is 4.90 Å². The van der Waals surface area contributed by atoms with E-state index in [1.807, 2.05) is 19.1 Å². The van der Waals surface area contributed by atoms with Crippen molar-refractivity contribution in [3.63, 3.8) is 0 Å². The van der Waals surface area contributed by atoms with Gasteiger partial charge >= 0.3 is 0 Å². The molecular weight excluding hydrogens is 314 g/mol. The monoisotopic (exact) mass is 343 g/mol. The van der Waals surface area contributed by atoms with E-state index < -0.39 is 0 Å². The highest BCUT2D eigenvalue weighted by Gasteiger charge is 2.36. The van der Waals surface area contributed by atoms with Gasteiger partial charge in [-0.05, 0) is 37.8 Å². The number of benzene rings is 1. The Morgan fingerprint density at radius 1 is 1.24 bits per heavy atom. The van der Waals surface area contributed by atoms with Gasteiger partial charge in [-0.1, -0.05) is 42.7 Å². The molecule has 1 aromatic carbocycles. The summed E-state index contributed by atoms with van der Waals surface area (Å²) in [6.45, 7) is 3.76. The van der Waals surface area contributed by atoms with Gasteiger partial charge in [0, 0.05) is 25.6 Å². The first-order valence-electron chi connectivity index (χ1n) is 9.40. The zero-order chi connectivity index (χ0) is 17.8. The molecule has 0 bridgehead atoms. The highest BCUT2D eigenvalue weighted by atomic mass is 16.2. The lowest BCUT2D eigenvalue weighted by Crippen LogP contribution is -2.47. The molecule has 2 fully saturated rings. The number of hydrogen-bond acceptors (Lipinski definition) is 3. The molecule has 1 aliphatic heterocycles. The maximum atomic E-state index is 12.6. The van der Waals surface area contributed by atoms with E-state index in [0.717, 1.165) is 24.8 Å². The van der Waals surface area contributed by atoms with Crippen LogP contribution in [-0.2, 0) is 16.1 Å². The topological polar surface area (TPSA) is 75.4 Å². The molecule has 0 radical (unpaired) electrons. The molecule has 5 nitrogen and oxygen atoms in total. The summed E-state index contributed by atoms with van der Waals surface area (Å²) >= 11 is 0. The van der Waals surface area contributed by atoms with Crippen LogP contribution in [0, 0.1) is 18.8 Å². The van der Waals surface area contributed by atoms with Crippen molar-refractivity contribution in [2.24, 2.45) is 17.6 Å². The molecular formula is C20H29N3O2. The van der Waals surface area contributed by atoms with Gasteiger partial charge in [-0.15, -0.1) is 0 Å². The molecule has 0 spiro atoms. The lowest BCUT2D eigenvalue weighted by Gasteiger charge is -2.32. The lowest BCUT2D eigenvalue weighted by atomic mass is 9.84. The van der Waals surface area contributed by atoms with Crippen LogP contribution in [0.2, 0.25) is 0 Å². The lowest BCUT2D eigenvalue weighted by molar-refractivity contribution is -0.129. The Hall–Kier alpha value is -1.88. The number of nitrogens with zero attached hydrogens (tertiary/aromatic N) is 1. The Bertz CT molecular complexity index is 614. The van der Waals surface area contributed by atoms with E-state index >= 15 is 0 Å². The summed E-state index contributed by atoms with van der Waals surface area (Å²) in [6, 6.07) is 8.37. The third-order valence-corrected chi connectivity index (χ3v) is 5.62. The summed E-state index contributed by atoms with van der Waals surface area (Å²) in [5, 5.41) is 3.18. The van der Waals surface area contributed by atoms with Crippen LogP contribution in [0.3, 0.4) is 0 Å². The van der Waals surface area contributed by atoms with E-state index in [1.165, 1.54) is 12.0 Å². The van der Waals surface area contributed by atoms with Crippen molar-refractivity contribution >= 4 is 11.8 Å². The zero-order valence-corrected chi connectivity index (χ0v) is 15.0. The molecule has 3 unspecified atom stereocenters. The molecule has 3 atom stereocenters. The molecule has 2 aliphatic rings. The van der Waals surface area contributed by atoms with Crippen molar-refractivity contribution in [3.8, 4) is 0 Å². The predicted octanol–water partition coefficient (Wildman–Crippen LogP) is 1.98. The van der Waals surface area contributed by atoms with Crippen LogP contribution >= 0.6 is 0 Å². The maximum absolute atomic E-state index is 12.6. The van der Waals surface area contributed by atoms with Gasteiger partial charge in [-0.25, -0.2) is 0 Å². The molecule has 1 saturated carbocycles. The van der Waals surface area contributed by atoms with Crippen LogP contribution < -0.4 is 11.1 Å². The van der Waals surface area contributed by atoms with E-state index in [4.69, 9.17) is 5.73 Å². The summed E-state index contributed by atoms with van der Waals surface area (Å²) < 4.78 is 0. The quantitative estimate of drug-likeness (QED) is 0.858. The third-order valence-electron chi connectivity index (χ3n) is 5.62. The van der Waals surface area contributed by atoms with E-state index in [0.29, 0.717) is 32.0 Å². The summed E-state index contributed by atoms with van der Waals surface area (Å²) in [4.78, 5) is 26.7. The molecule has 25 heavy (non-hydrogen) atoms. The van der Waals surface area contributed by atoms with Gasteiger partial charge in [0.2, 0.25) is 11.8 Å². The van der Waals surface area contributed by atoms with Crippen molar-refractivity contribution in [3.05, 3.63) is 35.4 Å². The summed E-state index contributed by atoms with van der Waals surface area (Å²) in [6.07, 6.45) is 4.74. The molecule has 5 heteroatoms. The summed E-state index contributed by atoms with van der Waals surface area (Å²) in [5.74, 6) is 0.224. The Morgan fingerprint density at radius 2 is 1.96 bits per heavy atom. The standard InChI is InChI=1S/C20H29N3O2/c1-14-6-8-15(9-7-14)12-23-13-17(10-19(23)24)20(25)22-18-5-3-2-4-16(18)11-21/h6-9,16-18H,2-5,10-13,21H2,1H3,(H,22,25). The number of nitrogens with one attached hydrogen (secondary N) is 1. The molecule has 3 rings (SSSR count). The van der Waals surface area contributed by atoms with Crippen LogP contribution in [-0.4, -0.2) is 35.8 Å². The first-order valence-corrected chi connectivity index (χ1v) is 9.40. The molecule has 1 heterocycles. The minimum absolute atomic E-state index is 0.0186. The molecule has 1 saturated heterocycles. The minimum atomic E-state index is -0.238. The van der Waals surface area contributed by atoms with E-state index in [9.17, 15) is 9.59 Å². The largest absolute Gasteiger partial charge is 0.353 e. The SMILES string of the molecule is Cc1ccc(CN2CC(C(=O)NC3CCCCC3CN)CC2=O)cc1. The summed E-state index contributed by atoms with van der Waals surface area (Å²) in [5.41, 5.74) is 8.16. The fourth-order valence-electron chi connectivity index (χ4n) is 3.99.